The number of piperidine rings is 1. The summed E-state index contributed by atoms with van der Waals surface area (Å²) in [6.07, 6.45) is 3.20. The third-order valence-corrected chi connectivity index (χ3v) is 3.93. The Hall–Kier alpha value is -1.88. The van der Waals surface area contributed by atoms with Crippen LogP contribution in [0, 0.1) is 0 Å². The largest absolute Gasteiger partial charge is 0.349 e. The molecule has 2 rings (SSSR count). The van der Waals surface area contributed by atoms with Crippen molar-refractivity contribution in [3.05, 3.63) is 29.8 Å². The Morgan fingerprint density at radius 3 is 2.36 bits per heavy atom. The number of anilines is 1. The highest BCUT2D eigenvalue weighted by Gasteiger charge is 2.20. The van der Waals surface area contributed by atoms with Crippen LogP contribution in [0.3, 0.4) is 0 Å². The summed E-state index contributed by atoms with van der Waals surface area (Å²) in [7, 11) is 0. The summed E-state index contributed by atoms with van der Waals surface area (Å²) in [6.45, 7) is 6.91. The van der Waals surface area contributed by atoms with Crippen LogP contribution in [0.2, 0.25) is 0 Å². The highest BCUT2D eigenvalue weighted by Crippen LogP contribution is 2.13. The molecule has 120 valence electrons. The van der Waals surface area contributed by atoms with Crippen molar-refractivity contribution in [2.45, 2.75) is 39.2 Å². The Balaban J connectivity index is 1.83. The van der Waals surface area contributed by atoms with Crippen molar-refractivity contribution in [3.63, 3.8) is 0 Å². The first kappa shape index (κ1) is 16.5. The number of amides is 2. The van der Waals surface area contributed by atoms with Gasteiger partial charge in [-0.15, -0.1) is 0 Å². The van der Waals surface area contributed by atoms with Crippen molar-refractivity contribution >= 4 is 17.5 Å². The minimum Gasteiger partial charge on any atom is -0.349 e. The smallest absolute Gasteiger partial charge is 0.251 e. The van der Waals surface area contributed by atoms with Crippen LogP contribution in [0.25, 0.3) is 0 Å². The van der Waals surface area contributed by atoms with Gasteiger partial charge in [0, 0.05) is 37.3 Å². The van der Waals surface area contributed by atoms with Gasteiger partial charge in [0.15, 0.2) is 0 Å². The lowest BCUT2D eigenvalue weighted by Crippen LogP contribution is -2.44. The van der Waals surface area contributed by atoms with Crippen molar-refractivity contribution in [3.8, 4) is 0 Å². The second-order valence-corrected chi connectivity index (χ2v) is 5.85. The van der Waals surface area contributed by atoms with E-state index in [2.05, 4.69) is 22.5 Å². The first-order valence-corrected chi connectivity index (χ1v) is 7.99. The minimum atomic E-state index is -0.115. The minimum absolute atomic E-state index is 0.0386. The first-order valence-electron chi connectivity index (χ1n) is 7.99. The molecule has 0 aliphatic carbocycles. The number of likely N-dealkylation sites (tertiary alicyclic amines) is 1. The molecule has 1 saturated heterocycles. The van der Waals surface area contributed by atoms with Crippen LogP contribution in [-0.2, 0) is 4.79 Å². The van der Waals surface area contributed by atoms with Gasteiger partial charge in [-0.05, 0) is 50.1 Å². The summed E-state index contributed by atoms with van der Waals surface area (Å²) in [4.78, 5) is 25.7. The monoisotopic (exact) mass is 303 g/mol. The lowest BCUT2D eigenvalue weighted by Gasteiger charge is -2.32. The molecule has 0 spiro atoms. The molecule has 2 amide bonds. The number of hydrogen-bond donors (Lipinski definition) is 2. The third-order valence-electron chi connectivity index (χ3n) is 3.93. The number of nitrogens with one attached hydrogen (secondary N) is 2. The molecule has 1 aliphatic heterocycles. The van der Waals surface area contributed by atoms with Crippen LogP contribution in [0.1, 0.15) is 43.5 Å². The topological polar surface area (TPSA) is 61.4 Å². The fourth-order valence-corrected chi connectivity index (χ4v) is 2.79. The van der Waals surface area contributed by atoms with Crippen molar-refractivity contribution < 1.29 is 9.59 Å². The maximum atomic E-state index is 12.2. The Bertz CT molecular complexity index is 505. The number of carbonyl (C=O) groups excluding carboxylic acids is 2. The molecule has 0 bridgehead atoms. The van der Waals surface area contributed by atoms with Gasteiger partial charge in [0.05, 0.1) is 0 Å². The van der Waals surface area contributed by atoms with Gasteiger partial charge in [0.25, 0.3) is 5.91 Å². The molecule has 1 aromatic rings. The SMILES string of the molecule is CCCN1CCC(NC(=O)c2ccc(NC(C)=O)cc2)CC1. The number of benzene rings is 1. The molecule has 5 heteroatoms. The molecule has 0 unspecified atom stereocenters. The fourth-order valence-electron chi connectivity index (χ4n) is 2.79. The summed E-state index contributed by atoms with van der Waals surface area (Å²) in [5.41, 5.74) is 1.34. The Kier molecular flexibility index (Phi) is 5.95. The molecular formula is C17H25N3O2. The molecule has 0 radical (unpaired) electrons. The zero-order valence-corrected chi connectivity index (χ0v) is 13.4. The van der Waals surface area contributed by atoms with Gasteiger partial charge in [-0.25, -0.2) is 0 Å². The van der Waals surface area contributed by atoms with E-state index in [9.17, 15) is 9.59 Å². The van der Waals surface area contributed by atoms with Gasteiger partial charge in [-0.2, -0.15) is 0 Å². The molecule has 0 aromatic heterocycles. The van der Waals surface area contributed by atoms with Crippen LogP contribution in [0.15, 0.2) is 24.3 Å². The predicted octanol–water partition coefficient (Wildman–Crippen LogP) is 2.25. The molecule has 22 heavy (non-hydrogen) atoms. The van der Waals surface area contributed by atoms with Crippen LogP contribution in [-0.4, -0.2) is 42.4 Å². The Labute approximate surface area is 132 Å². The number of hydrogen-bond acceptors (Lipinski definition) is 3. The third kappa shape index (κ3) is 4.84. The summed E-state index contributed by atoms with van der Waals surface area (Å²) in [6, 6.07) is 7.25. The molecule has 2 N–H and O–H groups in total. The van der Waals surface area contributed by atoms with Gasteiger partial charge >= 0.3 is 0 Å². The quantitative estimate of drug-likeness (QED) is 0.877. The highest BCUT2D eigenvalue weighted by molar-refractivity contribution is 5.95. The molecule has 1 aromatic carbocycles. The zero-order valence-electron chi connectivity index (χ0n) is 13.4. The second kappa shape index (κ2) is 7.94. The Morgan fingerprint density at radius 2 is 1.82 bits per heavy atom. The average molecular weight is 303 g/mol. The average Bonchev–Trinajstić information content (AvgIpc) is 2.49. The summed E-state index contributed by atoms with van der Waals surface area (Å²) in [5.74, 6) is -0.153. The molecule has 1 fully saturated rings. The summed E-state index contributed by atoms with van der Waals surface area (Å²) < 4.78 is 0. The fraction of sp³-hybridized carbons (Fsp3) is 0.529. The number of nitrogens with zero attached hydrogens (tertiary/aromatic N) is 1. The van der Waals surface area contributed by atoms with E-state index in [1.54, 1.807) is 24.3 Å². The second-order valence-electron chi connectivity index (χ2n) is 5.85. The maximum Gasteiger partial charge on any atom is 0.251 e. The van der Waals surface area contributed by atoms with Crippen molar-refractivity contribution in [2.24, 2.45) is 0 Å². The van der Waals surface area contributed by atoms with Crippen LogP contribution < -0.4 is 10.6 Å². The summed E-state index contributed by atoms with van der Waals surface area (Å²) >= 11 is 0. The standard InChI is InChI=1S/C17H25N3O2/c1-3-10-20-11-8-16(9-12-20)19-17(22)14-4-6-15(7-5-14)18-13(2)21/h4-7,16H,3,8-12H2,1-2H3,(H,18,21)(H,19,22). The van der Waals surface area contributed by atoms with Crippen LogP contribution >= 0.6 is 0 Å². The lowest BCUT2D eigenvalue weighted by molar-refractivity contribution is -0.114. The van der Waals surface area contributed by atoms with E-state index in [1.807, 2.05) is 0 Å². The van der Waals surface area contributed by atoms with E-state index in [1.165, 1.54) is 13.3 Å². The normalized spacial score (nSPS) is 16.3. The van der Waals surface area contributed by atoms with Crippen LogP contribution in [0.4, 0.5) is 5.69 Å². The first-order chi connectivity index (χ1) is 10.6. The number of rotatable bonds is 5. The van der Waals surface area contributed by atoms with Gasteiger partial charge < -0.3 is 15.5 Å². The molecule has 5 nitrogen and oxygen atoms in total. The van der Waals surface area contributed by atoms with Gasteiger partial charge in [0.1, 0.15) is 0 Å². The van der Waals surface area contributed by atoms with E-state index in [0.29, 0.717) is 11.3 Å². The maximum absolute atomic E-state index is 12.2. The molecule has 0 saturated carbocycles. The lowest BCUT2D eigenvalue weighted by atomic mass is 10.0. The molecule has 1 aliphatic rings. The van der Waals surface area contributed by atoms with Gasteiger partial charge in [-0.1, -0.05) is 6.92 Å². The molecule has 1 heterocycles. The van der Waals surface area contributed by atoms with Crippen molar-refractivity contribution in [2.75, 3.05) is 25.0 Å². The van der Waals surface area contributed by atoms with Crippen molar-refractivity contribution in [1.29, 1.82) is 0 Å². The van der Waals surface area contributed by atoms with Gasteiger partial charge in [0.2, 0.25) is 5.91 Å². The predicted molar refractivity (Wildman–Crippen MR) is 88.0 cm³/mol. The zero-order chi connectivity index (χ0) is 15.9. The van der Waals surface area contributed by atoms with E-state index in [4.69, 9.17) is 0 Å². The highest BCUT2D eigenvalue weighted by atomic mass is 16.2. The Morgan fingerprint density at radius 1 is 1.18 bits per heavy atom. The van der Waals surface area contributed by atoms with Gasteiger partial charge in [-0.3, -0.25) is 9.59 Å². The van der Waals surface area contributed by atoms with E-state index in [-0.39, 0.29) is 17.9 Å². The molecule has 0 atom stereocenters. The van der Waals surface area contributed by atoms with E-state index < -0.39 is 0 Å². The number of carbonyl (C=O) groups is 2. The van der Waals surface area contributed by atoms with Crippen molar-refractivity contribution in [1.82, 2.24) is 10.2 Å². The summed E-state index contributed by atoms with van der Waals surface area (Å²) in [5, 5.41) is 5.80. The van der Waals surface area contributed by atoms with Crippen LogP contribution in [0.5, 0.6) is 0 Å². The van der Waals surface area contributed by atoms with E-state index >= 15 is 0 Å². The van der Waals surface area contributed by atoms with E-state index in [0.717, 1.165) is 32.5 Å². The molecular weight excluding hydrogens is 278 g/mol.